The highest BCUT2D eigenvalue weighted by Crippen LogP contribution is 2.19. The molecule has 136 valence electrons. The molecule has 27 heavy (non-hydrogen) atoms. The van der Waals surface area contributed by atoms with E-state index in [1.165, 1.54) is 6.08 Å². The summed E-state index contributed by atoms with van der Waals surface area (Å²) in [5.41, 5.74) is 3.63. The number of halogens is 1. The Morgan fingerprint density at radius 1 is 0.889 bits per heavy atom. The molecule has 0 fully saturated rings. The molecular formula is C23H20FNO2. The van der Waals surface area contributed by atoms with Crippen LogP contribution in [0.15, 0.2) is 91.1 Å². The quantitative estimate of drug-likeness (QED) is 0.425. The van der Waals surface area contributed by atoms with E-state index < -0.39 is 6.67 Å². The highest BCUT2D eigenvalue weighted by molar-refractivity contribution is 6.04. The first kappa shape index (κ1) is 18.4. The molecule has 3 aromatic rings. The van der Waals surface area contributed by atoms with Crippen molar-refractivity contribution in [2.75, 3.05) is 18.6 Å². The predicted molar refractivity (Wildman–Crippen MR) is 107 cm³/mol. The van der Waals surface area contributed by atoms with Crippen molar-refractivity contribution in [2.24, 2.45) is 0 Å². The number of carbonyl (C=O) groups is 1. The topological polar surface area (TPSA) is 38.3 Å². The van der Waals surface area contributed by atoms with Gasteiger partial charge in [-0.2, -0.15) is 0 Å². The molecule has 0 aliphatic rings. The fraction of sp³-hybridized carbons (Fsp3) is 0.0870. The van der Waals surface area contributed by atoms with Crippen LogP contribution >= 0.6 is 0 Å². The van der Waals surface area contributed by atoms with Crippen molar-refractivity contribution in [3.05, 3.63) is 96.7 Å². The van der Waals surface area contributed by atoms with Crippen molar-refractivity contribution in [3.63, 3.8) is 0 Å². The standard InChI is InChI=1S/C23H20FNO2/c24-15-17-27-22-12-10-21(11-13-22)25-16-14-23(26)20-8-6-19(7-9-20)18-4-2-1-3-5-18/h1-14,16,25H,15,17H2/b16-14+. The second kappa shape index (κ2) is 9.34. The maximum Gasteiger partial charge on any atom is 0.187 e. The number of alkyl halides is 1. The van der Waals surface area contributed by atoms with E-state index in [1.54, 1.807) is 30.5 Å². The van der Waals surface area contributed by atoms with Gasteiger partial charge >= 0.3 is 0 Å². The van der Waals surface area contributed by atoms with Crippen LogP contribution in [0.25, 0.3) is 11.1 Å². The summed E-state index contributed by atoms with van der Waals surface area (Å²) in [6.07, 6.45) is 3.09. The van der Waals surface area contributed by atoms with Gasteiger partial charge in [0, 0.05) is 23.5 Å². The van der Waals surface area contributed by atoms with Gasteiger partial charge in [-0.05, 0) is 35.4 Å². The minimum atomic E-state index is -0.517. The molecule has 0 aliphatic heterocycles. The summed E-state index contributed by atoms with van der Waals surface area (Å²) in [5, 5.41) is 3.03. The van der Waals surface area contributed by atoms with Gasteiger partial charge in [-0.3, -0.25) is 4.79 Å². The molecule has 1 N–H and O–H groups in total. The van der Waals surface area contributed by atoms with Gasteiger partial charge in [0.25, 0.3) is 0 Å². The van der Waals surface area contributed by atoms with Crippen LogP contribution in [0.2, 0.25) is 0 Å². The number of carbonyl (C=O) groups excluding carboxylic acids is 1. The second-order valence-electron chi connectivity index (χ2n) is 5.85. The van der Waals surface area contributed by atoms with Crippen LogP contribution in [0.4, 0.5) is 10.1 Å². The Balaban J connectivity index is 1.56. The molecule has 3 nitrogen and oxygen atoms in total. The molecule has 0 spiro atoms. The zero-order valence-corrected chi connectivity index (χ0v) is 14.8. The minimum absolute atomic E-state index is 0.0459. The van der Waals surface area contributed by atoms with Crippen LogP contribution in [-0.4, -0.2) is 19.1 Å². The van der Waals surface area contributed by atoms with Crippen molar-refractivity contribution in [1.29, 1.82) is 0 Å². The number of ketones is 1. The van der Waals surface area contributed by atoms with Crippen LogP contribution in [-0.2, 0) is 0 Å². The maximum absolute atomic E-state index is 12.3. The number of nitrogens with one attached hydrogen (secondary N) is 1. The molecule has 0 unspecified atom stereocenters. The number of ether oxygens (including phenoxy) is 1. The molecule has 0 amide bonds. The Kier molecular flexibility index (Phi) is 6.36. The van der Waals surface area contributed by atoms with E-state index in [0.717, 1.165) is 16.8 Å². The van der Waals surface area contributed by atoms with Crippen LogP contribution in [0.3, 0.4) is 0 Å². The fourth-order valence-electron chi connectivity index (χ4n) is 2.57. The van der Waals surface area contributed by atoms with E-state index >= 15 is 0 Å². The number of allylic oxidation sites excluding steroid dienone is 1. The third-order valence-electron chi connectivity index (χ3n) is 3.96. The maximum atomic E-state index is 12.3. The van der Waals surface area contributed by atoms with Gasteiger partial charge in [0.2, 0.25) is 0 Å². The smallest absolute Gasteiger partial charge is 0.187 e. The molecule has 0 bridgehead atoms. The third-order valence-corrected chi connectivity index (χ3v) is 3.96. The van der Waals surface area contributed by atoms with Crippen LogP contribution in [0.5, 0.6) is 5.75 Å². The number of benzene rings is 3. The van der Waals surface area contributed by atoms with Gasteiger partial charge in [-0.1, -0.05) is 54.6 Å². The van der Waals surface area contributed by atoms with Gasteiger partial charge < -0.3 is 10.1 Å². The van der Waals surface area contributed by atoms with Gasteiger partial charge in [-0.25, -0.2) is 4.39 Å². The summed E-state index contributed by atoms with van der Waals surface area (Å²) in [4.78, 5) is 12.3. The van der Waals surface area contributed by atoms with E-state index in [-0.39, 0.29) is 12.4 Å². The van der Waals surface area contributed by atoms with Gasteiger partial charge in [0.05, 0.1) is 0 Å². The van der Waals surface area contributed by atoms with Crippen molar-refractivity contribution >= 4 is 11.5 Å². The molecule has 3 aromatic carbocycles. The zero-order valence-electron chi connectivity index (χ0n) is 14.8. The Labute approximate surface area is 158 Å². The van der Waals surface area contributed by atoms with Crippen molar-refractivity contribution in [2.45, 2.75) is 0 Å². The Morgan fingerprint density at radius 3 is 2.22 bits per heavy atom. The van der Waals surface area contributed by atoms with Crippen LogP contribution < -0.4 is 10.1 Å². The van der Waals surface area contributed by atoms with Crippen LogP contribution in [0, 0.1) is 0 Å². The minimum Gasteiger partial charge on any atom is -0.491 e. The fourth-order valence-corrected chi connectivity index (χ4v) is 2.57. The summed E-state index contributed by atoms with van der Waals surface area (Å²) in [6.45, 7) is -0.471. The molecular weight excluding hydrogens is 341 g/mol. The lowest BCUT2D eigenvalue weighted by atomic mass is 10.0. The lowest BCUT2D eigenvalue weighted by Crippen LogP contribution is -1.99. The Hall–Kier alpha value is -3.40. The molecule has 0 saturated heterocycles. The highest BCUT2D eigenvalue weighted by atomic mass is 19.1. The first-order chi connectivity index (χ1) is 13.3. The first-order valence-corrected chi connectivity index (χ1v) is 8.68. The molecule has 0 aromatic heterocycles. The Morgan fingerprint density at radius 2 is 1.56 bits per heavy atom. The average Bonchev–Trinajstić information content (AvgIpc) is 2.74. The zero-order chi connectivity index (χ0) is 18.9. The van der Waals surface area contributed by atoms with E-state index in [9.17, 15) is 9.18 Å². The summed E-state index contributed by atoms with van der Waals surface area (Å²) in [6, 6.07) is 24.7. The summed E-state index contributed by atoms with van der Waals surface area (Å²) in [7, 11) is 0. The predicted octanol–water partition coefficient (Wildman–Crippen LogP) is 5.51. The molecule has 3 rings (SSSR count). The highest BCUT2D eigenvalue weighted by Gasteiger charge is 2.03. The Bertz CT molecular complexity index is 888. The van der Waals surface area contributed by atoms with Gasteiger partial charge in [0.1, 0.15) is 19.0 Å². The van der Waals surface area contributed by atoms with Gasteiger partial charge in [0.15, 0.2) is 5.78 Å². The first-order valence-electron chi connectivity index (χ1n) is 8.68. The van der Waals surface area contributed by atoms with E-state index in [1.807, 2.05) is 54.6 Å². The number of rotatable bonds is 8. The van der Waals surface area contributed by atoms with E-state index in [0.29, 0.717) is 11.3 Å². The SMILES string of the molecule is O=C(/C=C/Nc1ccc(OCCF)cc1)c1ccc(-c2ccccc2)cc1. The molecule has 0 aliphatic carbocycles. The van der Waals surface area contributed by atoms with Gasteiger partial charge in [-0.15, -0.1) is 0 Å². The summed E-state index contributed by atoms with van der Waals surface area (Å²) < 4.78 is 17.2. The third kappa shape index (κ3) is 5.28. The molecule has 0 radical (unpaired) electrons. The monoisotopic (exact) mass is 361 g/mol. The van der Waals surface area contributed by atoms with Crippen molar-refractivity contribution in [3.8, 4) is 16.9 Å². The molecule has 0 heterocycles. The average molecular weight is 361 g/mol. The largest absolute Gasteiger partial charge is 0.491 e. The lowest BCUT2D eigenvalue weighted by molar-refractivity contribution is 0.104. The summed E-state index contributed by atoms with van der Waals surface area (Å²) in [5.74, 6) is 0.529. The summed E-state index contributed by atoms with van der Waals surface area (Å²) >= 11 is 0. The molecule has 0 atom stereocenters. The molecule has 4 heteroatoms. The normalized spacial score (nSPS) is 10.7. The molecule has 0 saturated carbocycles. The van der Waals surface area contributed by atoms with E-state index in [4.69, 9.17) is 4.74 Å². The van der Waals surface area contributed by atoms with E-state index in [2.05, 4.69) is 5.32 Å². The lowest BCUT2D eigenvalue weighted by Gasteiger charge is -2.05. The number of anilines is 1. The van der Waals surface area contributed by atoms with Crippen molar-refractivity contribution < 1.29 is 13.9 Å². The second-order valence-corrected chi connectivity index (χ2v) is 5.85. The van der Waals surface area contributed by atoms with Crippen molar-refractivity contribution in [1.82, 2.24) is 0 Å². The number of hydrogen-bond acceptors (Lipinski definition) is 3. The van der Waals surface area contributed by atoms with Crippen LogP contribution in [0.1, 0.15) is 10.4 Å². The number of hydrogen-bond donors (Lipinski definition) is 1.